The van der Waals surface area contributed by atoms with Crippen molar-refractivity contribution in [3.8, 4) is 5.75 Å². The third-order valence-corrected chi connectivity index (χ3v) is 4.23. The van der Waals surface area contributed by atoms with Crippen molar-refractivity contribution in [3.63, 3.8) is 0 Å². The minimum Gasteiger partial charge on any atom is -0.489 e. The molecule has 0 aliphatic rings. The van der Waals surface area contributed by atoms with Crippen LogP contribution in [-0.2, 0) is 0 Å². The molecule has 0 spiro atoms. The lowest BCUT2D eigenvalue weighted by Gasteiger charge is -2.15. The van der Waals surface area contributed by atoms with E-state index in [1.54, 1.807) is 11.4 Å². The minimum atomic E-state index is -1.07. The van der Waals surface area contributed by atoms with Crippen LogP contribution in [0.5, 0.6) is 5.75 Å². The molecule has 0 unspecified atom stereocenters. The molecule has 1 heterocycles. The molecule has 128 valence electrons. The Labute approximate surface area is 144 Å². The van der Waals surface area contributed by atoms with Crippen LogP contribution in [-0.4, -0.2) is 28.1 Å². The fraction of sp³-hybridized carbons (Fsp3) is 0.353. The molecule has 0 aliphatic carbocycles. The Morgan fingerprint density at radius 1 is 1.25 bits per heavy atom. The number of benzene rings is 1. The van der Waals surface area contributed by atoms with Gasteiger partial charge in [-0.25, -0.2) is 9.78 Å². The molecule has 2 aromatic rings. The Bertz CT molecular complexity index is 753. The molecule has 2 rings (SSSR count). The molecule has 0 fully saturated rings. The number of carboxylic acids is 1. The van der Waals surface area contributed by atoms with Gasteiger partial charge in [-0.05, 0) is 32.0 Å². The molecule has 1 aromatic carbocycles. The summed E-state index contributed by atoms with van der Waals surface area (Å²) in [6.45, 7) is 7.72. The monoisotopic (exact) mass is 348 g/mol. The maximum Gasteiger partial charge on any atom is 0.335 e. The Balaban J connectivity index is 2.29. The van der Waals surface area contributed by atoms with Gasteiger partial charge in [0.05, 0.1) is 22.4 Å². The van der Waals surface area contributed by atoms with Crippen LogP contribution in [0, 0.1) is 0 Å². The van der Waals surface area contributed by atoms with Crippen molar-refractivity contribution < 1.29 is 19.4 Å². The van der Waals surface area contributed by atoms with E-state index in [1.807, 2.05) is 27.7 Å². The summed E-state index contributed by atoms with van der Waals surface area (Å²) in [4.78, 5) is 27.9. The second-order valence-electron chi connectivity index (χ2n) is 5.86. The van der Waals surface area contributed by atoms with E-state index in [1.165, 1.54) is 23.5 Å². The van der Waals surface area contributed by atoms with Gasteiger partial charge in [0.1, 0.15) is 11.4 Å². The maximum atomic E-state index is 12.4. The van der Waals surface area contributed by atoms with Crippen LogP contribution < -0.4 is 10.1 Å². The average molecular weight is 348 g/mol. The lowest BCUT2D eigenvalue weighted by atomic mass is 10.2. The van der Waals surface area contributed by atoms with Crippen molar-refractivity contribution in [3.05, 3.63) is 39.8 Å². The molecule has 24 heavy (non-hydrogen) atoms. The van der Waals surface area contributed by atoms with E-state index in [2.05, 4.69) is 10.3 Å². The number of carbonyl (C=O) groups is 2. The Morgan fingerprint density at radius 3 is 2.50 bits per heavy atom. The normalized spacial score (nSPS) is 10.9. The smallest absolute Gasteiger partial charge is 0.335 e. The number of hydrogen-bond donors (Lipinski definition) is 2. The molecule has 1 amide bonds. The molecule has 0 saturated heterocycles. The van der Waals surface area contributed by atoms with E-state index >= 15 is 0 Å². The number of aromatic carboxylic acids is 1. The largest absolute Gasteiger partial charge is 0.489 e. The standard InChI is InChI=1S/C17H20N2O4S/c1-9(2)16-19-13(8-24-16)15(20)18-12-7-11(17(21)22)5-6-14(12)23-10(3)4/h5-10H,1-4H3,(H,18,20)(H,21,22). The number of nitrogens with one attached hydrogen (secondary N) is 1. The summed E-state index contributed by atoms with van der Waals surface area (Å²) >= 11 is 1.42. The van der Waals surface area contributed by atoms with Crippen LogP contribution in [0.15, 0.2) is 23.6 Å². The number of ether oxygens (including phenoxy) is 1. The van der Waals surface area contributed by atoms with Gasteiger partial charge < -0.3 is 15.2 Å². The summed E-state index contributed by atoms with van der Waals surface area (Å²) < 4.78 is 5.63. The van der Waals surface area contributed by atoms with Crippen molar-refractivity contribution in [2.45, 2.75) is 39.7 Å². The topological polar surface area (TPSA) is 88.5 Å². The second kappa shape index (κ2) is 7.44. The molecule has 6 nitrogen and oxygen atoms in total. The van der Waals surface area contributed by atoms with Gasteiger partial charge in [-0.2, -0.15) is 0 Å². The van der Waals surface area contributed by atoms with Gasteiger partial charge in [0, 0.05) is 11.3 Å². The fourth-order valence-electron chi connectivity index (χ4n) is 1.96. The maximum absolute atomic E-state index is 12.4. The number of hydrogen-bond acceptors (Lipinski definition) is 5. The van der Waals surface area contributed by atoms with Crippen molar-refractivity contribution in [1.82, 2.24) is 4.98 Å². The van der Waals surface area contributed by atoms with Crippen LogP contribution in [0.4, 0.5) is 5.69 Å². The van der Waals surface area contributed by atoms with Gasteiger partial charge in [0.2, 0.25) is 0 Å². The van der Waals surface area contributed by atoms with Crippen LogP contribution in [0.25, 0.3) is 0 Å². The third kappa shape index (κ3) is 4.32. The number of rotatable bonds is 6. The summed E-state index contributed by atoms with van der Waals surface area (Å²) in [5.41, 5.74) is 0.690. The molecular weight excluding hydrogens is 328 g/mol. The van der Waals surface area contributed by atoms with Gasteiger partial charge in [-0.15, -0.1) is 11.3 Å². The highest BCUT2D eigenvalue weighted by atomic mass is 32.1. The number of amides is 1. The summed E-state index contributed by atoms with van der Waals surface area (Å²) in [7, 11) is 0. The highest BCUT2D eigenvalue weighted by Crippen LogP contribution is 2.28. The zero-order valence-electron chi connectivity index (χ0n) is 14.0. The minimum absolute atomic E-state index is 0.0718. The average Bonchev–Trinajstić information content (AvgIpc) is 2.98. The highest BCUT2D eigenvalue weighted by Gasteiger charge is 2.17. The van der Waals surface area contributed by atoms with Crippen LogP contribution in [0.2, 0.25) is 0 Å². The van der Waals surface area contributed by atoms with Crippen molar-refractivity contribution in [1.29, 1.82) is 0 Å². The predicted octanol–water partition coefficient (Wildman–Crippen LogP) is 4.00. The first kappa shape index (κ1) is 17.9. The first-order valence-corrected chi connectivity index (χ1v) is 8.46. The summed E-state index contributed by atoms with van der Waals surface area (Å²) in [5, 5.41) is 14.4. The highest BCUT2D eigenvalue weighted by molar-refractivity contribution is 7.09. The Morgan fingerprint density at radius 2 is 1.96 bits per heavy atom. The van der Waals surface area contributed by atoms with Gasteiger partial charge in [0.15, 0.2) is 0 Å². The fourth-order valence-corrected chi connectivity index (χ4v) is 2.78. The number of aromatic nitrogens is 1. The number of anilines is 1. The van der Waals surface area contributed by atoms with E-state index in [0.29, 0.717) is 17.1 Å². The second-order valence-corrected chi connectivity index (χ2v) is 6.75. The molecular formula is C17H20N2O4S. The van der Waals surface area contributed by atoms with E-state index in [-0.39, 0.29) is 17.6 Å². The SMILES string of the molecule is CC(C)Oc1ccc(C(=O)O)cc1NC(=O)c1csc(C(C)C)n1. The summed E-state index contributed by atoms with van der Waals surface area (Å²) in [6, 6.07) is 4.36. The molecule has 0 aliphatic heterocycles. The molecule has 0 bridgehead atoms. The number of carboxylic acid groups (broad SMARTS) is 1. The zero-order valence-corrected chi connectivity index (χ0v) is 14.8. The van der Waals surface area contributed by atoms with Crippen molar-refractivity contribution >= 4 is 28.9 Å². The van der Waals surface area contributed by atoms with E-state index in [9.17, 15) is 9.59 Å². The predicted molar refractivity (Wildman–Crippen MR) is 93.3 cm³/mol. The molecule has 0 atom stereocenters. The zero-order chi connectivity index (χ0) is 17.9. The van der Waals surface area contributed by atoms with E-state index < -0.39 is 11.9 Å². The van der Waals surface area contributed by atoms with Crippen LogP contribution >= 0.6 is 11.3 Å². The number of carbonyl (C=O) groups excluding carboxylic acids is 1. The molecule has 2 N–H and O–H groups in total. The van der Waals surface area contributed by atoms with E-state index in [0.717, 1.165) is 5.01 Å². The Kier molecular flexibility index (Phi) is 5.56. The summed E-state index contributed by atoms with van der Waals surface area (Å²) in [6.07, 6.45) is -0.108. The molecule has 1 aromatic heterocycles. The quantitative estimate of drug-likeness (QED) is 0.823. The van der Waals surface area contributed by atoms with Gasteiger partial charge in [-0.3, -0.25) is 4.79 Å². The van der Waals surface area contributed by atoms with Crippen molar-refractivity contribution in [2.75, 3.05) is 5.32 Å². The van der Waals surface area contributed by atoms with Crippen LogP contribution in [0.1, 0.15) is 59.5 Å². The molecule has 0 radical (unpaired) electrons. The van der Waals surface area contributed by atoms with Crippen LogP contribution in [0.3, 0.4) is 0 Å². The lowest BCUT2D eigenvalue weighted by molar-refractivity contribution is 0.0696. The van der Waals surface area contributed by atoms with Gasteiger partial charge in [-0.1, -0.05) is 13.8 Å². The first-order chi connectivity index (χ1) is 11.3. The first-order valence-electron chi connectivity index (χ1n) is 7.58. The van der Waals surface area contributed by atoms with Crippen molar-refractivity contribution in [2.24, 2.45) is 0 Å². The Hall–Kier alpha value is -2.41. The van der Waals surface area contributed by atoms with E-state index in [4.69, 9.17) is 9.84 Å². The summed E-state index contributed by atoms with van der Waals surface area (Å²) in [5.74, 6) is -0.805. The molecule has 0 saturated carbocycles. The van der Waals surface area contributed by atoms with Gasteiger partial charge >= 0.3 is 5.97 Å². The molecule has 7 heteroatoms. The van der Waals surface area contributed by atoms with Gasteiger partial charge in [0.25, 0.3) is 5.91 Å². The third-order valence-electron chi connectivity index (χ3n) is 3.09. The number of nitrogens with zero attached hydrogens (tertiary/aromatic N) is 1. The number of thiazole rings is 1. The lowest BCUT2D eigenvalue weighted by Crippen LogP contribution is -2.15.